The fourth-order valence-electron chi connectivity index (χ4n) is 3.10. The van der Waals surface area contributed by atoms with Gasteiger partial charge in [0.25, 0.3) is 0 Å². The fourth-order valence-corrected chi connectivity index (χ4v) is 3.10. The second-order valence-corrected chi connectivity index (χ2v) is 6.46. The van der Waals surface area contributed by atoms with Gasteiger partial charge in [0.2, 0.25) is 0 Å². The first-order valence-corrected chi connectivity index (χ1v) is 7.69. The summed E-state index contributed by atoms with van der Waals surface area (Å²) >= 11 is 0. The molecule has 1 saturated heterocycles. The summed E-state index contributed by atoms with van der Waals surface area (Å²) in [7, 11) is 0. The van der Waals surface area contributed by atoms with Crippen LogP contribution in [0.2, 0.25) is 0 Å². The van der Waals surface area contributed by atoms with E-state index < -0.39 is 0 Å². The molecule has 0 saturated carbocycles. The first-order chi connectivity index (χ1) is 9.49. The Hall–Kier alpha value is -0.930. The highest BCUT2D eigenvalue weighted by Crippen LogP contribution is 2.36. The molecule has 0 bridgehead atoms. The predicted molar refractivity (Wildman–Crippen MR) is 82.1 cm³/mol. The van der Waals surface area contributed by atoms with Gasteiger partial charge in [-0.25, -0.2) is 4.39 Å². The number of halogens is 1. The topological polar surface area (TPSA) is 29.3 Å². The third-order valence-electron chi connectivity index (χ3n) is 5.09. The second-order valence-electron chi connectivity index (χ2n) is 6.46. The Labute approximate surface area is 122 Å². The molecule has 2 nitrogen and oxygen atoms in total. The number of hydrogen-bond acceptors (Lipinski definition) is 2. The van der Waals surface area contributed by atoms with Gasteiger partial charge in [0.05, 0.1) is 0 Å². The van der Waals surface area contributed by atoms with E-state index in [0.717, 1.165) is 18.7 Å². The molecule has 0 spiro atoms. The molecule has 2 rings (SSSR count). The van der Waals surface area contributed by atoms with Gasteiger partial charge in [-0.15, -0.1) is 0 Å². The van der Waals surface area contributed by atoms with Crippen LogP contribution in [0.5, 0.6) is 0 Å². The van der Waals surface area contributed by atoms with E-state index in [2.05, 4.69) is 18.7 Å². The van der Waals surface area contributed by atoms with Crippen LogP contribution in [0.1, 0.15) is 50.3 Å². The lowest BCUT2D eigenvalue weighted by atomic mass is 9.77. The SMILES string of the molecule is CCC1(C)CCN(C(CN)c2ccc(F)c(C)c2)CC1. The number of nitrogens with two attached hydrogens (primary N) is 1. The zero-order valence-corrected chi connectivity index (χ0v) is 13.0. The van der Waals surface area contributed by atoms with Crippen molar-refractivity contribution in [3.8, 4) is 0 Å². The summed E-state index contributed by atoms with van der Waals surface area (Å²) in [5.74, 6) is -0.137. The maximum atomic E-state index is 13.4. The Morgan fingerprint density at radius 2 is 2.00 bits per heavy atom. The molecular weight excluding hydrogens is 251 g/mol. The van der Waals surface area contributed by atoms with Crippen LogP contribution in [0, 0.1) is 18.2 Å². The third kappa shape index (κ3) is 3.21. The molecule has 2 N–H and O–H groups in total. The van der Waals surface area contributed by atoms with Gasteiger partial charge in [-0.1, -0.05) is 32.4 Å². The first-order valence-electron chi connectivity index (χ1n) is 7.69. The van der Waals surface area contributed by atoms with Gasteiger partial charge in [-0.2, -0.15) is 0 Å². The van der Waals surface area contributed by atoms with Crippen LogP contribution >= 0.6 is 0 Å². The van der Waals surface area contributed by atoms with Crippen LogP contribution in [0.25, 0.3) is 0 Å². The number of aryl methyl sites for hydroxylation is 1. The average molecular weight is 278 g/mol. The highest BCUT2D eigenvalue weighted by Gasteiger charge is 2.31. The Kier molecular flexibility index (Phi) is 4.82. The Bertz CT molecular complexity index is 450. The van der Waals surface area contributed by atoms with Crippen molar-refractivity contribution >= 4 is 0 Å². The van der Waals surface area contributed by atoms with E-state index in [0.29, 0.717) is 17.5 Å². The molecule has 1 fully saturated rings. The second kappa shape index (κ2) is 6.23. The van der Waals surface area contributed by atoms with Gasteiger partial charge in [0.15, 0.2) is 0 Å². The van der Waals surface area contributed by atoms with E-state index in [-0.39, 0.29) is 11.9 Å². The lowest BCUT2D eigenvalue weighted by Crippen LogP contribution is -2.42. The zero-order chi connectivity index (χ0) is 14.8. The molecule has 0 radical (unpaired) electrons. The van der Waals surface area contributed by atoms with E-state index in [1.165, 1.54) is 19.3 Å². The highest BCUT2D eigenvalue weighted by atomic mass is 19.1. The number of likely N-dealkylation sites (tertiary alicyclic amines) is 1. The molecule has 20 heavy (non-hydrogen) atoms. The Balaban J connectivity index is 2.11. The standard InChI is InChI=1S/C17H27FN2/c1-4-17(3)7-9-20(10-8-17)16(12-19)14-5-6-15(18)13(2)11-14/h5-6,11,16H,4,7-10,12,19H2,1-3H3. The van der Waals surface area contributed by atoms with E-state index >= 15 is 0 Å². The summed E-state index contributed by atoms with van der Waals surface area (Å²) in [4.78, 5) is 2.46. The number of rotatable bonds is 4. The van der Waals surface area contributed by atoms with Crippen molar-refractivity contribution in [1.29, 1.82) is 0 Å². The monoisotopic (exact) mass is 278 g/mol. The first kappa shape index (κ1) is 15.5. The van der Waals surface area contributed by atoms with Crippen molar-refractivity contribution in [2.75, 3.05) is 19.6 Å². The molecule has 1 unspecified atom stereocenters. The van der Waals surface area contributed by atoms with Crippen LogP contribution in [-0.2, 0) is 0 Å². The minimum absolute atomic E-state index is 0.137. The van der Waals surface area contributed by atoms with Crippen LogP contribution in [0.4, 0.5) is 4.39 Å². The Morgan fingerprint density at radius 1 is 1.35 bits per heavy atom. The van der Waals surface area contributed by atoms with Crippen molar-refractivity contribution in [3.05, 3.63) is 35.1 Å². The molecule has 1 aliphatic heterocycles. The van der Waals surface area contributed by atoms with Gasteiger partial charge in [0, 0.05) is 12.6 Å². The minimum atomic E-state index is -0.137. The zero-order valence-electron chi connectivity index (χ0n) is 13.0. The summed E-state index contributed by atoms with van der Waals surface area (Å²) in [5.41, 5.74) is 8.32. The smallest absolute Gasteiger partial charge is 0.126 e. The van der Waals surface area contributed by atoms with Crippen LogP contribution < -0.4 is 5.73 Å². The number of benzene rings is 1. The van der Waals surface area contributed by atoms with Gasteiger partial charge in [-0.05, 0) is 55.5 Å². The van der Waals surface area contributed by atoms with Crippen LogP contribution in [-0.4, -0.2) is 24.5 Å². The van der Waals surface area contributed by atoms with E-state index in [9.17, 15) is 4.39 Å². The largest absolute Gasteiger partial charge is 0.329 e. The fraction of sp³-hybridized carbons (Fsp3) is 0.647. The lowest BCUT2D eigenvalue weighted by Gasteiger charge is -2.42. The molecular formula is C17H27FN2. The molecule has 1 aromatic carbocycles. The van der Waals surface area contributed by atoms with Gasteiger partial charge in [0.1, 0.15) is 5.82 Å². The third-order valence-corrected chi connectivity index (χ3v) is 5.09. The van der Waals surface area contributed by atoms with Crippen molar-refractivity contribution in [2.45, 2.75) is 46.1 Å². The summed E-state index contributed by atoms with van der Waals surface area (Å²) in [6, 6.07) is 5.61. The number of hydrogen-bond donors (Lipinski definition) is 1. The summed E-state index contributed by atoms with van der Waals surface area (Å²) in [5, 5.41) is 0. The maximum Gasteiger partial charge on any atom is 0.126 e. The van der Waals surface area contributed by atoms with Crippen molar-refractivity contribution < 1.29 is 4.39 Å². The summed E-state index contributed by atoms with van der Waals surface area (Å²) in [6.45, 7) is 9.24. The van der Waals surface area contributed by atoms with Crippen LogP contribution in [0.3, 0.4) is 0 Å². The minimum Gasteiger partial charge on any atom is -0.329 e. The molecule has 1 heterocycles. The lowest BCUT2D eigenvalue weighted by molar-refractivity contribution is 0.0828. The normalized spacial score (nSPS) is 20.9. The van der Waals surface area contributed by atoms with Crippen molar-refractivity contribution in [1.82, 2.24) is 4.90 Å². The number of nitrogens with zero attached hydrogens (tertiary/aromatic N) is 1. The molecule has 0 aromatic heterocycles. The van der Waals surface area contributed by atoms with E-state index in [1.807, 2.05) is 19.1 Å². The molecule has 112 valence electrons. The average Bonchev–Trinajstić information content (AvgIpc) is 2.46. The maximum absolute atomic E-state index is 13.4. The van der Waals surface area contributed by atoms with E-state index in [1.54, 1.807) is 6.07 Å². The molecule has 1 aliphatic rings. The van der Waals surface area contributed by atoms with Gasteiger partial charge < -0.3 is 5.73 Å². The molecule has 3 heteroatoms. The molecule has 0 amide bonds. The summed E-state index contributed by atoms with van der Waals surface area (Å²) < 4.78 is 13.4. The number of piperidine rings is 1. The van der Waals surface area contributed by atoms with Crippen molar-refractivity contribution in [3.63, 3.8) is 0 Å². The summed E-state index contributed by atoms with van der Waals surface area (Å²) in [6.07, 6.45) is 3.68. The Morgan fingerprint density at radius 3 is 2.50 bits per heavy atom. The van der Waals surface area contributed by atoms with E-state index in [4.69, 9.17) is 5.73 Å². The van der Waals surface area contributed by atoms with Crippen LogP contribution in [0.15, 0.2) is 18.2 Å². The molecule has 1 aromatic rings. The van der Waals surface area contributed by atoms with Gasteiger partial charge in [-0.3, -0.25) is 4.90 Å². The quantitative estimate of drug-likeness (QED) is 0.911. The van der Waals surface area contributed by atoms with Crippen molar-refractivity contribution in [2.24, 2.45) is 11.1 Å². The highest BCUT2D eigenvalue weighted by molar-refractivity contribution is 5.27. The molecule has 1 atom stereocenters. The van der Waals surface area contributed by atoms with Gasteiger partial charge >= 0.3 is 0 Å². The predicted octanol–water partition coefficient (Wildman–Crippen LogP) is 3.65. The molecule has 0 aliphatic carbocycles.